The van der Waals surface area contributed by atoms with Crippen LogP contribution in [0.3, 0.4) is 0 Å². The maximum atomic E-state index is 6.90. The number of hydrogen-bond acceptors (Lipinski definition) is 3. The van der Waals surface area contributed by atoms with Gasteiger partial charge in [-0.15, -0.1) is 0 Å². The zero-order valence-electron chi connectivity index (χ0n) is 18.3. The van der Waals surface area contributed by atoms with Crippen LogP contribution in [0.5, 0.6) is 11.6 Å². The van der Waals surface area contributed by atoms with Gasteiger partial charge in [-0.2, -0.15) is 0 Å². The van der Waals surface area contributed by atoms with Crippen molar-refractivity contribution in [2.45, 2.75) is 31.3 Å². The lowest BCUT2D eigenvalue weighted by molar-refractivity contribution is 0.0466. The summed E-state index contributed by atoms with van der Waals surface area (Å²) in [6, 6.07) is 31.7. The molecule has 3 aromatic carbocycles. The molecule has 0 aliphatic carbocycles. The first-order valence-electron chi connectivity index (χ1n) is 11.1. The van der Waals surface area contributed by atoms with Crippen LogP contribution in [0.15, 0.2) is 97.2 Å². The normalized spacial score (nSPS) is 14.3. The van der Waals surface area contributed by atoms with Crippen molar-refractivity contribution >= 4 is 0 Å². The molecule has 0 radical (unpaired) electrons. The molecule has 0 bridgehead atoms. The molecule has 1 aliphatic rings. The van der Waals surface area contributed by atoms with Crippen LogP contribution in [-0.2, 0) is 19.3 Å². The summed E-state index contributed by atoms with van der Waals surface area (Å²) in [5.41, 5.74) is 5.70. The molecule has 3 heteroatoms. The Morgan fingerprint density at radius 1 is 0.781 bits per heavy atom. The molecule has 0 unspecified atom stereocenters. The fourth-order valence-corrected chi connectivity index (χ4v) is 4.81. The van der Waals surface area contributed by atoms with Crippen molar-refractivity contribution in [3.05, 3.63) is 114 Å². The minimum Gasteiger partial charge on any atom is -0.486 e. The van der Waals surface area contributed by atoms with Gasteiger partial charge in [-0.25, -0.2) is 4.98 Å². The highest BCUT2D eigenvalue weighted by molar-refractivity contribution is 5.74. The summed E-state index contributed by atoms with van der Waals surface area (Å²) in [5, 5.41) is 0. The monoisotopic (exact) mass is 421 g/mol. The van der Waals surface area contributed by atoms with Gasteiger partial charge in [0.25, 0.3) is 0 Å². The van der Waals surface area contributed by atoms with Crippen LogP contribution in [0.25, 0.3) is 11.1 Å². The van der Waals surface area contributed by atoms with E-state index in [1.54, 1.807) is 13.3 Å². The van der Waals surface area contributed by atoms with Crippen LogP contribution >= 0.6 is 0 Å². The van der Waals surface area contributed by atoms with E-state index in [2.05, 4.69) is 89.9 Å². The fraction of sp³-hybridized carbons (Fsp3) is 0.207. The van der Waals surface area contributed by atoms with Crippen LogP contribution in [0.1, 0.15) is 23.1 Å². The second-order valence-electron chi connectivity index (χ2n) is 8.45. The second-order valence-corrected chi connectivity index (χ2v) is 8.45. The predicted octanol–water partition coefficient (Wildman–Crippen LogP) is 6.31. The Morgan fingerprint density at radius 2 is 1.44 bits per heavy atom. The lowest BCUT2D eigenvalue weighted by Crippen LogP contribution is -2.44. The largest absolute Gasteiger partial charge is 0.486 e. The van der Waals surface area contributed by atoms with Gasteiger partial charge in [-0.3, -0.25) is 0 Å². The third-order valence-electron chi connectivity index (χ3n) is 6.28. The molecule has 1 aliphatic heterocycles. The molecule has 5 rings (SSSR count). The van der Waals surface area contributed by atoms with E-state index in [1.807, 2.05) is 6.07 Å². The number of rotatable bonds is 6. The third kappa shape index (κ3) is 4.11. The number of methoxy groups -OCH3 is 1. The van der Waals surface area contributed by atoms with Crippen molar-refractivity contribution in [2.24, 2.45) is 0 Å². The molecule has 160 valence electrons. The molecule has 0 spiro atoms. The summed E-state index contributed by atoms with van der Waals surface area (Å²) in [4.78, 5) is 4.40. The van der Waals surface area contributed by atoms with Crippen LogP contribution in [0.2, 0.25) is 0 Å². The number of pyridine rings is 1. The van der Waals surface area contributed by atoms with Crippen molar-refractivity contribution in [1.82, 2.24) is 4.98 Å². The van der Waals surface area contributed by atoms with E-state index >= 15 is 0 Å². The summed E-state index contributed by atoms with van der Waals surface area (Å²) < 4.78 is 12.4. The molecule has 1 aromatic heterocycles. The van der Waals surface area contributed by atoms with Gasteiger partial charge in [-0.05, 0) is 47.7 Å². The van der Waals surface area contributed by atoms with Gasteiger partial charge in [-0.1, -0.05) is 72.8 Å². The minimum atomic E-state index is -0.284. The highest BCUT2D eigenvalue weighted by atomic mass is 16.5. The van der Waals surface area contributed by atoms with Gasteiger partial charge < -0.3 is 9.47 Å². The van der Waals surface area contributed by atoms with E-state index in [-0.39, 0.29) is 5.60 Å². The van der Waals surface area contributed by atoms with Gasteiger partial charge in [0.2, 0.25) is 5.88 Å². The lowest BCUT2D eigenvalue weighted by Gasteiger charge is -2.40. The smallest absolute Gasteiger partial charge is 0.221 e. The molecule has 0 atom stereocenters. The Labute approximate surface area is 189 Å². The Bertz CT molecular complexity index is 1150. The second kappa shape index (κ2) is 8.88. The molecule has 32 heavy (non-hydrogen) atoms. The van der Waals surface area contributed by atoms with E-state index < -0.39 is 0 Å². The molecule has 0 amide bonds. The summed E-state index contributed by atoms with van der Waals surface area (Å²) >= 11 is 0. The first kappa shape index (κ1) is 20.3. The SMILES string of the molecule is COc1ncccc1-c1cccc2c1CCC(Cc1ccccc1)(Cc1ccccc1)O2. The molecule has 3 nitrogen and oxygen atoms in total. The molecule has 4 aromatic rings. The highest BCUT2D eigenvalue weighted by Gasteiger charge is 2.37. The van der Waals surface area contributed by atoms with E-state index in [0.29, 0.717) is 5.88 Å². The third-order valence-corrected chi connectivity index (χ3v) is 6.28. The number of benzene rings is 3. The van der Waals surface area contributed by atoms with E-state index in [0.717, 1.165) is 42.6 Å². The zero-order chi connectivity index (χ0) is 21.8. The zero-order valence-corrected chi connectivity index (χ0v) is 18.3. The Balaban J connectivity index is 1.54. The van der Waals surface area contributed by atoms with Crippen LogP contribution in [-0.4, -0.2) is 17.7 Å². The number of nitrogens with zero attached hydrogens (tertiary/aromatic N) is 1. The van der Waals surface area contributed by atoms with Crippen molar-refractivity contribution in [1.29, 1.82) is 0 Å². The van der Waals surface area contributed by atoms with Crippen LogP contribution < -0.4 is 9.47 Å². The molecule has 2 heterocycles. The first-order chi connectivity index (χ1) is 15.8. The quantitative estimate of drug-likeness (QED) is 0.366. The molecule has 0 N–H and O–H groups in total. The van der Waals surface area contributed by atoms with E-state index in [4.69, 9.17) is 9.47 Å². The van der Waals surface area contributed by atoms with E-state index in [9.17, 15) is 0 Å². The van der Waals surface area contributed by atoms with Gasteiger partial charge in [0.15, 0.2) is 0 Å². The van der Waals surface area contributed by atoms with Gasteiger partial charge in [0.05, 0.1) is 7.11 Å². The van der Waals surface area contributed by atoms with Gasteiger partial charge in [0, 0.05) is 30.2 Å². The van der Waals surface area contributed by atoms with E-state index in [1.165, 1.54) is 16.7 Å². The van der Waals surface area contributed by atoms with Crippen molar-refractivity contribution in [3.8, 4) is 22.8 Å². The van der Waals surface area contributed by atoms with Crippen molar-refractivity contribution in [3.63, 3.8) is 0 Å². The highest BCUT2D eigenvalue weighted by Crippen LogP contribution is 2.43. The maximum Gasteiger partial charge on any atom is 0.221 e. The first-order valence-corrected chi connectivity index (χ1v) is 11.1. The van der Waals surface area contributed by atoms with Crippen LogP contribution in [0, 0.1) is 0 Å². The van der Waals surface area contributed by atoms with Crippen LogP contribution in [0.4, 0.5) is 0 Å². The number of aromatic nitrogens is 1. The topological polar surface area (TPSA) is 31.4 Å². The number of fused-ring (bicyclic) bond motifs is 1. The Morgan fingerprint density at radius 3 is 2.09 bits per heavy atom. The standard InChI is InChI=1S/C29H27NO2/c1-31-28-26(15-9-19-30-28)24-14-8-16-27-25(24)17-18-29(32-27,20-22-10-4-2-5-11-22)21-23-12-6-3-7-13-23/h2-16,19H,17-18,20-21H2,1H3. The molecular formula is C29H27NO2. The Hall–Kier alpha value is -3.59. The average molecular weight is 422 g/mol. The Kier molecular flexibility index (Phi) is 5.64. The molecular weight excluding hydrogens is 394 g/mol. The summed E-state index contributed by atoms with van der Waals surface area (Å²) in [6.07, 6.45) is 5.41. The minimum absolute atomic E-state index is 0.284. The van der Waals surface area contributed by atoms with Gasteiger partial charge in [0.1, 0.15) is 11.4 Å². The fourth-order valence-electron chi connectivity index (χ4n) is 4.81. The van der Waals surface area contributed by atoms with Crippen molar-refractivity contribution < 1.29 is 9.47 Å². The number of ether oxygens (including phenoxy) is 2. The van der Waals surface area contributed by atoms with Crippen molar-refractivity contribution in [2.75, 3.05) is 7.11 Å². The summed E-state index contributed by atoms with van der Waals surface area (Å²) in [7, 11) is 1.67. The predicted molar refractivity (Wildman–Crippen MR) is 128 cm³/mol. The lowest BCUT2D eigenvalue weighted by atomic mass is 9.80. The molecule has 0 saturated carbocycles. The molecule has 0 fully saturated rings. The molecule has 0 saturated heterocycles. The maximum absolute atomic E-state index is 6.90. The number of hydrogen-bond donors (Lipinski definition) is 0. The summed E-state index contributed by atoms with van der Waals surface area (Å²) in [5.74, 6) is 1.61. The summed E-state index contributed by atoms with van der Waals surface area (Å²) in [6.45, 7) is 0. The average Bonchev–Trinajstić information content (AvgIpc) is 2.84. The van der Waals surface area contributed by atoms with Gasteiger partial charge >= 0.3 is 0 Å².